The fraction of sp³-hybridized carbons (Fsp3) is 0.500. The van der Waals surface area contributed by atoms with Gasteiger partial charge in [0, 0.05) is 11.5 Å². The van der Waals surface area contributed by atoms with E-state index in [9.17, 15) is 4.79 Å². The summed E-state index contributed by atoms with van der Waals surface area (Å²) in [5, 5.41) is 0. The highest BCUT2D eigenvalue weighted by Crippen LogP contribution is 2.30. The van der Waals surface area contributed by atoms with Crippen LogP contribution in [0.4, 0.5) is 0 Å². The van der Waals surface area contributed by atoms with Crippen molar-refractivity contribution in [2.45, 2.75) is 25.7 Å². The zero-order valence-corrected chi connectivity index (χ0v) is 9.56. The molecular formula is C14H19NO. The van der Waals surface area contributed by atoms with Crippen molar-refractivity contribution < 1.29 is 4.79 Å². The smallest absolute Gasteiger partial charge is 0.165 e. The summed E-state index contributed by atoms with van der Waals surface area (Å²) >= 11 is 0. The first-order valence-electron chi connectivity index (χ1n) is 6.10. The predicted octanol–water partition coefficient (Wildman–Crippen LogP) is 2.63. The van der Waals surface area contributed by atoms with E-state index in [-0.39, 0.29) is 5.92 Å². The van der Waals surface area contributed by atoms with Crippen molar-refractivity contribution in [2.24, 2.45) is 17.6 Å². The van der Waals surface area contributed by atoms with Crippen LogP contribution < -0.4 is 5.73 Å². The summed E-state index contributed by atoms with van der Waals surface area (Å²) in [7, 11) is 0. The van der Waals surface area contributed by atoms with Gasteiger partial charge in [0.05, 0.1) is 0 Å². The molecule has 2 heteroatoms. The Kier molecular flexibility index (Phi) is 3.73. The number of hydrogen-bond acceptors (Lipinski definition) is 2. The van der Waals surface area contributed by atoms with Crippen LogP contribution in [-0.2, 0) is 0 Å². The van der Waals surface area contributed by atoms with Gasteiger partial charge in [0.1, 0.15) is 0 Å². The molecule has 0 heterocycles. The van der Waals surface area contributed by atoms with Gasteiger partial charge in [-0.2, -0.15) is 0 Å². The SMILES string of the molecule is NCC1CCC(C(=O)c2ccccc2)CC1. The third-order valence-corrected chi connectivity index (χ3v) is 3.61. The number of Topliss-reactive ketones (excluding diaryl/α,β-unsaturated/α-hetero) is 1. The Morgan fingerprint density at radius 1 is 1.12 bits per heavy atom. The second-order valence-corrected chi connectivity index (χ2v) is 4.68. The van der Waals surface area contributed by atoms with Crippen LogP contribution in [0.1, 0.15) is 36.0 Å². The molecular weight excluding hydrogens is 198 g/mol. The highest BCUT2D eigenvalue weighted by atomic mass is 16.1. The van der Waals surface area contributed by atoms with Gasteiger partial charge in [-0.1, -0.05) is 30.3 Å². The molecule has 86 valence electrons. The average Bonchev–Trinajstić information content (AvgIpc) is 2.39. The number of carbonyl (C=O) groups excluding carboxylic acids is 1. The van der Waals surface area contributed by atoms with Crippen molar-refractivity contribution in [2.75, 3.05) is 6.54 Å². The third kappa shape index (κ3) is 2.50. The van der Waals surface area contributed by atoms with Gasteiger partial charge in [-0.3, -0.25) is 4.79 Å². The lowest BCUT2D eigenvalue weighted by molar-refractivity contribution is 0.0873. The van der Waals surface area contributed by atoms with Crippen LogP contribution in [0.5, 0.6) is 0 Å². The molecule has 0 atom stereocenters. The fourth-order valence-corrected chi connectivity index (χ4v) is 2.50. The first-order chi connectivity index (χ1) is 7.81. The van der Waals surface area contributed by atoms with E-state index in [0.29, 0.717) is 11.7 Å². The molecule has 1 aromatic carbocycles. The molecule has 0 aliphatic heterocycles. The lowest BCUT2D eigenvalue weighted by Crippen LogP contribution is -2.25. The Bertz CT molecular complexity index is 339. The van der Waals surface area contributed by atoms with Crippen molar-refractivity contribution in [3.63, 3.8) is 0 Å². The van der Waals surface area contributed by atoms with E-state index in [0.717, 1.165) is 37.8 Å². The molecule has 2 N–H and O–H groups in total. The lowest BCUT2D eigenvalue weighted by Gasteiger charge is -2.26. The molecule has 16 heavy (non-hydrogen) atoms. The average molecular weight is 217 g/mol. The summed E-state index contributed by atoms with van der Waals surface area (Å²) in [6.07, 6.45) is 4.24. The zero-order valence-electron chi connectivity index (χ0n) is 9.56. The number of hydrogen-bond donors (Lipinski definition) is 1. The van der Waals surface area contributed by atoms with Crippen molar-refractivity contribution in [1.29, 1.82) is 0 Å². The number of carbonyl (C=O) groups is 1. The first kappa shape index (κ1) is 11.3. The van der Waals surface area contributed by atoms with Crippen LogP contribution in [0.25, 0.3) is 0 Å². The van der Waals surface area contributed by atoms with Gasteiger partial charge in [0.25, 0.3) is 0 Å². The minimum atomic E-state index is 0.227. The molecule has 2 nitrogen and oxygen atoms in total. The highest BCUT2D eigenvalue weighted by molar-refractivity contribution is 5.97. The maximum atomic E-state index is 12.2. The van der Waals surface area contributed by atoms with Gasteiger partial charge in [-0.15, -0.1) is 0 Å². The fourth-order valence-electron chi connectivity index (χ4n) is 2.50. The van der Waals surface area contributed by atoms with Crippen LogP contribution in [0, 0.1) is 11.8 Å². The third-order valence-electron chi connectivity index (χ3n) is 3.61. The van der Waals surface area contributed by atoms with Crippen molar-refractivity contribution >= 4 is 5.78 Å². The van der Waals surface area contributed by atoms with Gasteiger partial charge in [0.15, 0.2) is 5.78 Å². The van der Waals surface area contributed by atoms with Crippen molar-refractivity contribution in [3.05, 3.63) is 35.9 Å². The molecule has 0 radical (unpaired) electrons. The number of benzene rings is 1. The van der Waals surface area contributed by atoms with Crippen LogP contribution in [-0.4, -0.2) is 12.3 Å². The number of ketones is 1. The Hall–Kier alpha value is -1.15. The summed E-state index contributed by atoms with van der Waals surface area (Å²) in [5.74, 6) is 1.18. The molecule has 0 saturated heterocycles. The predicted molar refractivity (Wildman–Crippen MR) is 65.3 cm³/mol. The Morgan fingerprint density at radius 2 is 1.75 bits per heavy atom. The standard InChI is InChI=1S/C14H19NO/c15-10-11-6-8-13(9-7-11)14(16)12-4-2-1-3-5-12/h1-5,11,13H,6-10,15H2. The molecule has 1 fully saturated rings. The summed E-state index contributed by atoms with van der Waals surface area (Å²) in [4.78, 5) is 12.2. The molecule has 0 unspecified atom stereocenters. The largest absolute Gasteiger partial charge is 0.330 e. The second-order valence-electron chi connectivity index (χ2n) is 4.68. The molecule has 1 aromatic rings. The van der Waals surface area contributed by atoms with Crippen molar-refractivity contribution in [1.82, 2.24) is 0 Å². The van der Waals surface area contributed by atoms with Gasteiger partial charge in [-0.25, -0.2) is 0 Å². The maximum Gasteiger partial charge on any atom is 0.165 e. The molecule has 1 aliphatic rings. The minimum Gasteiger partial charge on any atom is -0.330 e. The summed E-state index contributed by atoms with van der Waals surface area (Å²) in [5.41, 5.74) is 6.51. The van der Waals surface area contributed by atoms with Crippen molar-refractivity contribution in [3.8, 4) is 0 Å². The maximum absolute atomic E-state index is 12.2. The Balaban J connectivity index is 1.97. The molecule has 0 spiro atoms. The topological polar surface area (TPSA) is 43.1 Å². The lowest BCUT2D eigenvalue weighted by atomic mass is 9.79. The quantitative estimate of drug-likeness (QED) is 0.791. The highest BCUT2D eigenvalue weighted by Gasteiger charge is 2.25. The Morgan fingerprint density at radius 3 is 2.31 bits per heavy atom. The molecule has 0 amide bonds. The van der Waals surface area contributed by atoms with E-state index in [2.05, 4.69) is 0 Å². The zero-order chi connectivity index (χ0) is 11.4. The molecule has 0 bridgehead atoms. The summed E-state index contributed by atoms with van der Waals surface area (Å²) in [6, 6.07) is 9.63. The normalized spacial score (nSPS) is 25.3. The van der Waals surface area contributed by atoms with Gasteiger partial charge < -0.3 is 5.73 Å². The van der Waals surface area contributed by atoms with E-state index < -0.39 is 0 Å². The number of nitrogens with two attached hydrogens (primary N) is 1. The summed E-state index contributed by atoms with van der Waals surface area (Å²) < 4.78 is 0. The van der Waals surface area contributed by atoms with Crippen LogP contribution in [0.3, 0.4) is 0 Å². The number of rotatable bonds is 3. The molecule has 2 rings (SSSR count). The van der Waals surface area contributed by atoms with E-state index in [1.165, 1.54) is 0 Å². The van der Waals surface area contributed by atoms with E-state index >= 15 is 0 Å². The van der Waals surface area contributed by atoms with Crippen LogP contribution in [0.15, 0.2) is 30.3 Å². The first-order valence-corrected chi connectivity index (χ1v) is 6.10. The van der Waals surface area contributed by atoms with Crippen LogP contribution in [0.2, 0.25) is 0 Å². The van der Waals surface area contributed by atoms with E-state index in [1.807, 2.05) is 30.3 Å². The summed E-state index contributed by atoms with van der Waals surface area (Å²) in [6.45, 7) is 0.770. The molecule has 1 saturated carbocycles. The van der Waals surface area contributed by atoms with E-state index in [4.69, 9.17) is 5.73 Å². The van der Waals surface area contributed by atoms with Gasteiger partial charge >= 0.3 is 0 Å². The van der Waals surface area contributed by atoms with Gasteiger partial charge in [-0.05, 0) is 38.1 Å². The van der Waals surface area contributed by atoms with Gasteiger partial charge in [0.2, 0.25) is 0 Å². The molecule has 1 aliphatic carbocycles. The monoisotopic (exact) mass is 217 g/mol. The second kappa shape index (κ2) is 5.26. The molecule has 0 aromatic heterocycles. The van der Waals surface area contributed by atoms with E-state index in [1.54, 1.807) is 0 Å². The Labute approximate surface area is 96.8 Å². The minimum absolute atomic E-state index is 0.227. The van der Waals surface area contributed by atoms with Crippen LogP contribution >= 0.6 is 0 Å².